The first-order chi connectivity index (χ1) is 9.31. The molecule has 2 aromatic heterocycles. The van der Waals surface area contributed by atoms with E-state index in [-0.39, 0.29) is 12.4 Å². The maximum absolute atomic E-state index is 5.77. The molecule has 0 amide bonds. The average Bonchev–Trinajstić information content (AvgIpc) is 3.04. The molecule has 20 heavy (non-hydrogen) atoms. The lowest BCUT2D eigenvalue weighted by Gasteiger charge is -2.12. The normalized spacial score (nSPS) is 12.2. The topological polar surface area (TPSA) is 43.0 Å². The van der Waals surface area contributed by atoms with E-state index >= 15 is 0 Å². The van der Waals surface area contributed by atoms with Crippen molar-refractivity contribution < 1.29 is 4.42 Å². The number of fused-ring (bicyclic) bond motifs is 1. The molecule has 5 heteroatoms. The van der Waals surface area contributed by atoms with E-state index in [2.05, 4.69) is 29.5 Å². The molecule has 0 saturated carbocycles. The van der Waals surface area contributed by atoms with Crippen molar-refractivity contribution in [3.8, 4) is 0 Å². The molecule has 1 atom stereocenters. The third-order valence-corrected chi connectivity index (χ3v) is 3.12. The molecular weight excluding hydrogens is 274 g/mol. The molecule has 3 aromatic rings. The van der Waals surface area contributed by atoms with Gasteiger partial charge in [0.15, 0.2) is 0 Å². The van der Waals surface area contributed by atoms with Crippen LogP contribution in [0.5, 0.6) is 0 Å². The molecule has 106 valence electrons. The van der Waals surface area contributed by atoms with Crippen LogP contribution < -0.4 is 5.32 Å². The zero-order valence-corrected chi connectivity index (χ0v) is 12.1. The van der Waals surface area contributed by atoms with Crippen LogP contribution in [-0.2, 0) is 13.1 Å². The molecule has 0 bridgehead atoms. The van der Waals surface area contributed by atoms with Crippen LogP contribution >= 0.6 is 12.4 Å². The summed E-state index contributed by atoms with van der Waals surface area (Å²) in [5.41, 5.74) is 0.944. The maximum Gasteiger partial charge on any atom is 0.134 e. The minimum Gasteiger partial charge on any atom is -0.460 e. The Morgan fingerprint density at radius 2 is 2.15 bits per heavy atom. The van der Waals surface area contributed by atoms with Crippen molar-refractivity contribution in [3.05, 3.63) is 54.6 Å². The third-order valence-electron chi connectivity index (χ3n) is 3.12. The van der Waals surface area contributed by atoms with E-state index in [4.69, 9.17) is 4.42 Å². The van der Waals surface area contributed by atoms with Crippen molar-refractivity contribution in [3.63, 3.8) is 0 Å². The number of furan rings is 1. The predicted molar refractivity (Wildman–Crippen MR) is 82.0 cm³/mol. The van der Waals surface area contributed by atoms with Gasteiger partial charge >= 0.3 is 0 Å². The molecular formula is C15H18ClN3O. The molecule has 2 heterocycles. The number of benzene rings is 1. The van der Waals surface area contributed by atoms with Crippen molar-refractivity contribution in [2.24, 2.45) is 0 Å². The van der Waals surface area contributed by atoms with Crippen LogP contribution in [-0.4, -0.2) is 15.8 Å². The van der Waals surface area contributed by atoms with E-state index in [1.165, 1.54) is 0 Å². The van der Waals surface area contributed by atoms with Gasteiger partial charge in [0.1, 0.15) is 11.3 Å². The quantitative estimate of drug-likeness (QED) is 0.785. The molecule has 0 aliphatic heterocycles. The van der Waals surface area contributed by atoms with E-state index in [0.717, 1.165) is 29.8 Å². The second kappa shape index (κ2) is 6.59. The smallest absolute Gasteiger partial charge is 0.134 e. The summed E-state index contributed by atoms with van der Waals surface area (Å²) < 4.78 is 7.70. The Labute approximate surface area is 124 Å². The van der Waals surface area contributed by atoms with Gasteiger partial charge < -0.3 is 9.73 Å². The zero-order valence-electron chi connectivity index (χ0n) is 11.3. The SMILES string of the molecule is CC(Cn1cccn1)NCc1cc2ccccc2o1.Cl. The van der Waals surface area contributed by atoms with Crippen molar-refractivity contribution >= 4 is 23.4 Å². The fourth-order valence-electron chi connectivity index (χ4n) is 2.15. The van der Waals surface area contributed by atoms with Crippen molar-refractivity contribution in [2.45, 2.75) is 26.1 Å². The number of aromatic nitrogens is 2. The highest BCUT2D eigenvalue weighted by molar-refractivity contribution is 5.85. The zero-order chi connectivity index (χ0) is 13.1. The number of para-hydroxylation sites is 1. The Morgan fingerprint density at radius 3 is 2.90 bits per heavy atom. The molecule has 0 aliphatic rings. The molecule has 1 unspecified atom stereocenters. The van der Waals surface area contributed by atoms with Crippen molar-refractivity contribution in [2.75, 3.05) is 0 Å². The van der Waals surface area contributed by atoms with E-state index < -0.39 is 0 Å². The Balaban J connectivity index is 0.00000147. The van der Waals surface area contributed by atoms with Crippen molar-refractivity contribution in [1.82, 2.24) is 15.1 Å². The minimum absolute atomic E-state index is 0. The van der Waals surface area contributed by atoms with Gasteiger partial charge in [-0.25, -0.2) is 0 Å². The predicted octanol–water partition coefficient (Wildman–Crippen LogP) is 3.23. The number of nitrogens with one attached hydrogen (secondary N) is 1. The van der Waals surface area contributed by atoms with E-state index in [9.17, 15) is 0 Å². The average molecular weight is 292 g/mol. The van der Waals surface area contributed by atoms with Crippen LogP contribution in [0.4, 0.5) is 0 Å². The molecule has 4 nitrogen and oxygen atoms in total. The molecule has 3 rings (SSSR count). The summed E-state index contributed by atoms with van der Waals surface area (Å²) in [5, 5.41) is 8.79. The van der Waals surface area contributed by atoms with Gasteiger partial charge in [0.25, 0.3) is 0 Å². The number of halogens is 1. The minimum atomic E-state index is 0. The second-order valence-corrected chi connectivity index (χ2v) is 4.76. The van der Waals surface area contributed by atoms with Gasteiger partial charge in [-0.15, -0.1) is 12.4 Å². The highest BCUT2D eigenvalue weighted by atomic mass is 35.5. The molecule has 0 fully saturated rings. The van der Waals surface area contributed by atoms with Crippen LogP contribution in [0.3, 0.4) is 0 Å². The van der Waals surface area contributed by atoms with Gasteiger partial charge in [0, 0.05) is 23.8 Å². The van der Waals surface area contributed by atoms with E-state index in [1.54, 1.807) is 6.20 Å². The molecule has 0 spiro atoms. The fourth-order valence-corrected chi connectivity index (χ4v) is 2.15. The maximum atomic E-state index is 5.77. The van der Waals surface area contributed by atoms with Crippen LogP contribution in [0.15, 0.2) is 53.2 Å². The summed E-state index contributed by atoms with van der Waals surface area (Å²) in [7, 11) is 0. The summed E-state index contributed by atoms with van der Waals surface area (Å²) in [6.45, 7) is 3.73. The first kappa shape index (κ1) is 14.6. The monoisotopic (exact) mass is 291 g/mol. The lowest BCUT2D eigenvalue weighted by molar-refractivity contribution is 0.423. The Morgan fingerprint density at radius 1 is 1.30 bits per heavy atom. The Bertz CT molecular complexity index is 615. The first-order valence-corrected chi connectivity index (χ1v) is 6.49. The lowest BCUT2D eigenvalue weighted by Crippen LogP contribution is -2.29. The number of nitrogens with zero attached hydrogens (tertiary/aromatic N) is 2. The Hall–Kier alpha value is -1.78. The van der Waals surface area contributed by atoms with Gasteiger partial charge in [-0.3, -0.25) is 4.68 Å². The standard InChI is InChI=1S/C15H17N3O.ClH/c1-12(11-18-8-4-7-17-18)16-10-14-9-13-5-2-3-6-15(13)19-14;/h2-9,12,16H,10-11H2,1H3;1H. The largest absolute Gasteiger partial charge is 0.460 e. The van der Waals surface area contributed by atoms with Crippen LogP contribution in [0.25, 0.3) is 11.0 Å². The van der Waals surface area contributed by atoms with Gasteiger partial charge in [0.2, 0.25) is 0 Å². The second-order valence-electron chi connectivity index (χ2n) is 4.76. The molecule has 1 aromatic carbocycles. The summed E-state index contributed by atoms with van der Waals surface area (Å²) in [4.78, 5) is 0. The number of hydrogen-bond donors (Lipinski definition) is 1. The summed E-state index contributed by atoms with van der Waals surface area (Å²) in [6, 6.07) is 12.4. The van der Waals surface area contributed by atoms with Gasteiger partial charge in [-0.05, 0) is 25.1 Å². The summed E-state index contributed by atoms with van der Waals surface area (Å²) in [5.74, 6) is 0.966. The molecule has 0 saturated heterocycles. The number of hydrogen-bond acceptors (Lipinski definition) is 3. The van der Waals surface area contributed by atoms with Crippen LogP contribution in [0, 0.1) is 0 Å². The third kappa shape index (κ3) is 3.40. The highest BCUT2D eigenvalue weighted by Gasteiger charge is 2.06. The van der Waals surface area contributed by atoms with Gasteiger partial charge in [-0.1, -0.05) is 18.2 Å². The van der Waals surface area contributed by atoms with Gasteiger partial charge in [0.05, 0.1) is 13.1 Å². The number of rotatable bonds is 5. The molecule has 1 N–H and O–H groups in total. The van der Waals surface area contributed by atoms with Crippen LogP contribution in [0.1, 0.15) is 12.7 Å². The molecule has 0 aliphatic carbocycles. The van der Waals surface area contributed by atoms with E-state index in [0.29, 0.717) is 6.04 Å². The van der Waals surface area contributed by atoms with Gasteiger partial charge in [-0.2, -0.15) is 5.10 Å². The summed E-state index contributed by atoms with van der Waals surface area (Å²) in [6.07, 6.45) is 3.77. The molecule has 0 radical (unpaired) electrons. The van der Waals surface area contributed by atoms with Crippen molar-refractivity contribution in [1.29, 1.82) is 0 Å². The summed E-state index contributed by atoms with van der Waals surface area (Å²) >= 11 is 0. The lowest BCUT2D eigenvalue weighted by atomic mass is 10.2. The highest BCUT2D eigenvalue weighted by Crippen LogP contribution is 2.18. The van der Waals surface area contributed by atoms with E-state index in [1.807, 2.05) is 35.1 Å². The Kier molecular flexibility index (Phi) is 4.82. The first-order valence-electron chi connectivity index (χ1n) is 6.49. The van der Waals surface area contributed by atoms with Crippen LogP contribution in [0.2, 0.25) is 0 Å². The fraction of sp³-hybridized carbons (Fsp3) is 0.267.